The average molecular weight is 360 g/mol. The van der Waals surface area contributed by atoms with Gasteiger partial charge in [-0.15, -0.1) is 0 Å². The molecule has 1 unspecified atom stereocenters. The number of nitrogens with one attached hydrogen (secondary N) is 2. The first-order valence-corrected chi connectivity index (χ1v) is 9.36. The third-order valence-corrected chi connectivity index (χ3v) is 5.57. The van der Waals surface area contributed by atoms with Crippen LogP contribution in [0.25, 0.3) is 10.2 Å². The maximum Gasteiger partial charge on any atom is 0.274 e. The van der Waals surface area contributed by atoms with E-state index in [-0.39, 0.29) is 24.0 Å². The number of hydrazine groups is 1. The van der Waals surface area contributed by atoms with Crippen molar-refractivity contribution in [3.05, 3.63) is 24.3 Å². The van der Waals surface area contributed by atoms with Gasteiger partial charge < -0.3 is 9.64 Å². The number of hydrogen-bond acceptors (Lipinski definition) is 6. The van der Waals surface area contributed by atoms with Crippen LogP contribution in [-0.4, -0.2) is 46.9 Å². The molecule has 0 spiro atoms. The molecular formula is C17H20N4O3S. The summed E-state index contributed by atoms with van der Waals surface area (Å²) in [7, 11) is 0. The lowest BCUT2D eigenvalue weighted by Crippen LogP contribution is -2.57. The van der Waals surface area contributed by atoms with Gasteiger partial charge >= 0.3 is 0 Å². The molecule has 2 amide bonds. The van der Waals surface area contributed by atoms with Crippen molar-refractivity contribution in [2.24, 2.45) is 0 Å². The van der Waals surface area contributed by atoms with Crippen LogP contribution in [0, 0.1) is 0 Å². The van der Waals surface area contributed by atoms with Crippen molar-refractivity contribution in [1.29, 1.82) is 0 Å². The van der Waals surface area contributed by atoms with E-state index in [0.717, 1.165) is 23.1 Å². The van der Waals surface area contributed by atoms with Gasteiger partial charge in [0, 0.05) is 32.4 Å². The molecule has 4 rings (SSSR count). The van der Waals surface area contributed by atoms with E-state index in [1.54, 1.807) is 11.3 Å². The lowest BCUT2D eigenvalue weighted by molar-refractivity contribution is -0.137. The molecule has 2 N–H and O–H groups in total. The Morgan fingerprint density at radius 2 is 2.04 bits per heavy atom. The van der Waals surface area contributed by atoms with Crippen molar-refractivity contribution in [3.8, 4) is 5.19 Å². The smallest absolute Gasteiger partial charge is 0.274 e. The Labute approximate surface area is 149 Å². The summed E-state index contributed by atoms with van der Waals surface area (Å²) < 4.78 is 7.15. The summed E-state index contributed by atoms with van der Waals surface area (Å²) in [5, 5.41) is 0.697. The number of para-hydroxylation sites is 1. The highest BCUT2D eigenvalue weighted by Gasteiger charge is 2.31. The maximum absolute atomic E-state index is 12.5. The van der Waals surface area contributed by atoms with E-state index in [1.807, 2.05) is 29.2 Å². The number of carbonyl (C=O) groups excluding carboxylic acids is 2. The molecule has 2 fully saturated rings. The molecule has 1 atom stereocenters. The molecule has 2 saturated heterocycles. The Kier molecular flexibility index (Phi) is 4.54. The van der Waals surface area contributed by atoms with Gasteiger partial charge in [-0.05, 0) is 18.6 Å². The minimum absolute atomic E-state index is 0.0541. The molecule has 0 bridgehead atoms. The number of likely N-dealkylation sites (tertiary alicyclic amines) is 1. The molecule has 0 radical (unpaired) electrons. The zero-order chi connectivity index (χ0) is 17.2. The van der Waals surface area contributed by atoms with Crippen molar-refractivity contribution < 1.29 is 14.3 Å². The summed E-state index contributed by atoms with van der Waals surface area (Å²) in [4.78, 5) is 30.0. The van der Waals surface area contributed by atoms with Crippen molar-refractivity contribution in [2.75, 3.05) is 13.1 Å². The molecule has 7 nitrogen and oxygen atoms in total. The fourth-order valence-corrected chi connectivity index (χ4v) is 4.10. The Bertz CT molecular complexity index is 742. The molecule has 2 aromatic rings. The summed E-state index contributed by atoms with van der Waals surface area (Å²) in [6.45, 7) is 1.33. The first-order chi connectivity index (χ1) is 12.2. The molecule has 0 aliphatic carbocycles. The molecule has 8 heteroatoms. The highest BCUT2D eigenvalue weighted by Crippen LogP contribution is 2.29. The van der Waals surface area contributed by atoms with Crippen LogP contribution in [0.1, 0.15) is 25.7 Å². The molecular weight excluding hydrogens is 340 g/mol. The van der Waals surface area contributed by atoms with Crippen LogP contribution in [0.5, 0.6) is 5.19 Å². The highest BCUT2D eigenvalue weighted by molar-refractivity contribution is 7.20. The number of piperidine rings is 1. The minimum Gasteiger partial charge on any atom is -0.467 e. The van der Waals surface area contributed by atoms with Crippen molar-refractivity contribution in [3.63, 3.8) is 0 Å². The minimum atomic E-state index is -0.320. The first kappa shape index (κ1) is 16.3. The van der Waals surface area contributed by atoms with Crippen LogP contribution in [0.15, 0.2) is 24.3 Å². The number of hydrogen-bond donors (Lipinski definition) is 2. The number of aromatic nitrogens is 1. The molecule has 1 aromatic heterocycles. The summed E-state index contributed by atoms with van der Waals surface area (Å²) in [5.41, 5.74) is 6.30. The van der Waals surface area contributed by atoms with Crippen LogP contribution >= 0.6 is 11.3 Å². The Morgan fingerprint density at radius 1 is 1.24 bits per heavy atom. The lowest BCUT2D eigenvalue weighted by atomic mass is 10.0. The van der Waals surface area contributed by atoms with Crippen molar-refractivity contribution in [1.82, 2.24) is 20.7 Å². The Morgan fingerprint density at radius 3 is 2.76 bits per heavy atom. The van der Waals surface area contributed by atoms with Gasteiger partial charge in [0.2, 0.25) is 11.8 Å². The molecule has 2 aliphatic heterocycles. The Balaban J connectivity index is 1.30. The number of carbonyl (C=O) groups is 2. The van der Waals surface area contributed by atoms with Gasteiger partial charge in [-0.25, -0.2) is 10.4 Å². The maximum atomic E-state index is 12.5. The standard InChI is InChI=1S/C17H20N4O3S/c22-15-6-5-13(19-20-15)16(23)21-9-7-11(8-10-21)24-17-18-12-3-1-2-4-14(12)25-17/h1-4,11,13,19H,5-10H2,(H,20,22). The third kappa shape index (κ3) is 3.59. The fourth-order valence-electron chi connectivity index (χ4n) is 3.22. The van der Waals surface area contributed by atoms with Crippen LogP contribution in [0.2, 0.25) is 0 Å². The number of nitrogens with zero attached hydrogens (tertiary/aromatic N) is 2. The largest absolute Gasteiger partial charge is 0.467 e. The van der Waals surface area contributed by atoms with E-state index >= 15 is 0 Å². The number of fused-ring (bicyclic) bond motifs is 1. The van der Waals surface area contributed by atoms with E-state index < -0.39 is 0 Å². The number of benzene rings is 1. The van der Waals surface area contributed by atoms with E-state index in [9.17, 15) is 9.59 Å². The van der Waals surface area contributed by atoms with Crippen LogP contribution in [0.3, 0.4) is 0 Å². The topological polar surface area (TPSA) is 83.6 Å². The van der Waals surface area contributed by atoms with Gasteiger partial charge in [0.25, 0.3) is 5.19 Å². The first-order valence-electron chi connectivity index (χ1n) is 8.54. The summed E-state index contributed by atoms with van der Waals surface area (Å²) in [5.74, 6) is -0.00886. The van der Waals surface area contributed by atoms with E-state index in [4.69, 9.17) is 4.74 Å². The lowest BCUT2D eigenvalue weighted by Gasteiger charge is -2.35. The predicted molar refractivity (Wildman–Crippen MR) is 94.2 cm³/mol. The number of thiazole rings is 1. The normalized spacial score (nSPS) is 22.0. The van der Waals surface area contributed by atoms with Crippen LogP contribution in [-0.2, 0) is 9.59 Å². The van der Waals surface area contributed by atoms with Crippen molar-refractivity contribution in [2.45, 2.75) is 37.8 Å². The van der Waals surface area contributed by atoms with E-state index in [2.05, 4.69) is 15.8 Å². The van der Waals surface area contributed by atoms with Crippen LogP contribution in [0.4, 0.5) is 0 Å². The third-order valence-electron chi connectivity index (χ3n) is 4.64. The number of amides is 2. The second-order valence-electron chi connectivity index (χ2n) is 6.37. The van der Waals surface area contributed by atoms with Gasteiger partial charge in [-0.2, -0.15) is 0 Å². The van der Waals surface area contributed by atoms with Gasteiger partial charge in [-0.3, -0.25) is 15.0 Å². The zero-order valence-electron chi connectivity index (χ0n) is 13.7. The summed E-state index contributed by atoms with van der Waals surface area (Å²) >= 11 is 1.56. The van der Waals surface area contributed by atoms with Gasteiger partial charge in [0.15, 0.2) is 0 Å². The second kappa shape index (κ2) is 6.97. The quantitative estimate of drug-likeness (QED) is 0.866. The van der Waals surface area contributed by atoms with Gasteiger partial charge in [-0.1, -0.05) is 23.5 Å². The molecule has 3 heterocycles. The molecule has 0 saturated carbocycles. The van der Waals surface area contributed by atoms with Crippen LogP contribution < -0.4 is 15.6 Å². The summed E-state index contributed by atoms with van der Waals surface area (Å²) in [6, 6.07) is 7.67. The SMILES string of the molecule is O=C1CCC(C(=O)N2CCC(Oc3nc4ccccc4s3)CC2)NN1. The average Bonchev–Trinajstić information content (AvgIpc) is 3.05. The summed E-state index contributed by atoms with van der Waals surface area (Å²) in [6.07, 6.45) is 2.61. The predicted octanol–water partition coefficient (Wildman–Crippen LogP) is 1.45. The fraction of sp³-hybridized carbons (Fsp3) is 0.471. The van der Waals surface area contributed by atoms with E-state index in [0.29, 0.717) is 31.1 Å². The molecule has 132 valence electrons. The van der Waals surface area contributed by atoms with Crippen molar-refractivity contribution >= 4 is 33.4 Å². The van der Waals surface area contributed by atoms with Gasteiger partial charge in [0.05, 0.1) is 10.2 Å². The zero-order valence-corrected chi connectivity index (χ0v) is 14.6. The van der Waals surface area contributed by atoms with Gasteiger partial charge in [0.1, 0.15) is 12.1 Å². The second-order valence-corrected chi connectivity index (χ2v) is 7.37. The molecule has 1 aromatic carbocycles. The Hall–Kier alpha value is -2.19. The highest BCUT2D eigenvalue weighted by atomic mass is 32.1. The van der Waals surface area contributed by atoms with E-state index in [1.165, 1.54) is 0 Å². The number of ether oxygens (including phenoxy) is 1. The monoisotopic (exact) mass is 360 g/mol. The number of rotatable bonds is 3. The molecule has 2 aliphatic rings. The molecule has 25 heavy (non-hydrogen) atoms.